The highest BCUT2D eigenvalue weighted by Gasteiger charge is 2.30. The van der Waals surface area contributed by atoms with E-state index in [4.69, 9.17) is 12.2 Å². The van der Waals surface area contributed by atoms with Crippen molar-refractivity contribution in [2.45, 2.75) is 13.8 Å². The molecule has 0 radical (unpaired) electrons. The average molecular weight is 329 g/mol. The fourth-order valence-corrected chi connectivity index (χ4v) is 3.56. The highest BCUT2D eigenvalue weighted by molar-refractivity contribution is 8.26. The lowest BCUT2D eigenvalue weighted by molar-refractivity contribution is -0.121. The van der Waals surface area contributed by atoms with Gasteiger partial charge in [0.25, 0.3) is 5.91 Å². The van der Waals surface area contributed by atoms with E-state index in [9.17, 15) is 4.79 Å². The van der Waals surface area contributed by atoms with Crippen molar-refractivity contribution in [2.24, 2.45) is 0 Å². The molecular formula is C16H15N3OS2. The second-order valence-corrected chi connectivity index (χ2v) is 6.66. The van der Waals surface area contributed by atoms with Crippen molar-refractivity contribution in [1.29, 1.82) is 0 Å². The molecular weight excluding hydrogens is 314 g/mol. The van der Waals surface area contributed by atoms with Crippen LogP contribution in [0.5, 0.6) is 0 Å². The van der Waals surface area contributed by atoms with Crippen LogP contribution >= 0.6 is 24.0 Å². The van der Waals surface area contributed by atoms with Crippen LogP contribution in [0.2, 0.25) is 0 Å². The molecule has 1 amide bonds. The number of likely N-dealkylation sites (N-methyl/N-ethyl adjacent to an activating group) is 1. The molecule has 22 heavy (non-hydrogen) atoms. The molecule has 0 aliphatic carbocycles. The number of carbonyl (C=O) groups is 1. The Kier molecular flexibility index (Phi) is 4.13. The molecule has 1 aromatic carbocycles. The fourth-order valence-electron chi connectivity index (χ4n) is 2.17. The van der Waals surface area contributed by atoms with E-state index in [0.717, 1.165) is 11.3 Å². The van der Waals surface area contributed by atoms with E-state index in [0.29, 0.717) is 15.8 Å². The number of nitrogens with zero attached hydrogens (tertiary/aromatic N) is 3. The molecule has 2 heterocycles. The zero-order chi connectivity index (χ0) is 15.7. The average Bonchev–Trinajstić information content (AvgIpc) is 3.06. The van der Waals surface area contributed by atoms with Gasteiger partial charge in [0.1, 0.15) is 4.32 Å². The van der Waals surface area contributed by atoms with Crippen LogP contribution in [0.4, 0.5) is 0 Å². The molecule has 0 N–H and O–H groups in total. The lowest BCUT2D eigenvalue weighted by atomic mass is 10.2. The van der Waals surface area contributed by atoms with Gasteiger partial charge in [0.2, 0.25) is 0 Å². The van der Waals surface area contributed by atoms with Crippen LogP contribution in [0.25, 0.3) is 11.8 Å². The van der Waals surface area contributed by atoms with Gasteiger partial charge < -0.3 is 0 Å². The molecule has 0 spiro atoms. The van der Waals surface area contributed by atoms with E-state index in [1.54, 1.807) is 15.8 Å². The first-order valence-electron chi connectivity index (χ1n) is 6.95. The number of amides is 1. The maximum Gasteiger partial charge on any atom is 0.266 e. The predicted octanol–water partition coefficient (Wildman–Crippen LogP) is 3.40. The SMILES string of the molecule is CCN1C(=O)/C(=C/c2cnn(-c3ccc(C)cc3)c2)SC1=S. The molecule has 0 bridgehead atoms. The standard InChI is InChI=1S/C16H15N3OS2/c1-3-18-15(20)14(22-16(18)21)8-12-9-17-19(10-12)13-6-4-11(2)5-7-13/h4-10H,3H2,1-2H3/b14-8-. The molecule has 1 aromatic heterocycles. The van der Waals surface area contributed by atoms with Crippen LogP contribution in [-0.2, 0) is 4.79 Å². The van der Waals surface area contributed by atoms with Crippen molar-refractivity contribution >= 4 is 40.3 Å². The normalized spacial score (nSPS) is 16.8. The van der Waals surface area contributed by atoms with Crippen LogP contribution in [0.1, 0.15) is 18.1 Å². The van der Waals surface area contributed by atoms with Gasteiger partial charge in [-0.1, -0.05) is 41.7 Å². The van der Waals surface area contributed by atoms with Gasteiger partial charge in [0, 0.05) is 18.3 Å². The Morgan fingerprint density at radius 2 is 2.05 bits per heavy atom. The topological polar surface area (TPSA) is 38.1 Å². The third-order valence-electron chi connectivity index (χ3n) is 3.39. The summed E-state index contributed by atoms with van der Waals surface area (Å²) in [6.07, 6.45) is 5.49. The molecule has 0 atom stereocenters. The Morgan fingerprint density at radius 1 is 1.32 bits per heavy atom. The largest absolute Gasteiger partial charge is 0.293 e. The highest BCUT2D eigenvalue weighted by Crippen LogP contribution is 2.32. The van der Waals surface area contributed by atoms with Crippen LogP contribution in [0.15, 0.2) is 41.6 Å². The molecule has 3 rings (SSSR count). The lowest BCUT2D eigenvalue weighted by Gasteiger charge is -2.09. The minimum absolute atomic E-state index is 0.0272. The second-order valence-electron chi connectivity index (χ2n) is 4.98. The number of hydrogen-bond donors (Lipinski definition) is 0. The Morgan fingerprint density at radius 3 is 2.68 bits per heavy atom. The minimum atomic E-state index is -0.0272. The van der Waals surface area contributed by atoms with Gasteiger partial charge in [-0.05, 0) is 32.1 Å². The summed E-state index contributed by atoms with van der Waals surface area (Å²) in [4.78, 5) is 14.4. The first kappa shape index (κ1) is 15.0. The van der Waals surface area contributed by atoms with E-state index >= 15 is 0 Å². The number of hydrogen-bond acceptors (Lipinski definition) is 4. The van der Waals surface area contributed by atoms with Crippen molar-refractivity contribution in [1.82, 2.24) is 14.7 Å². The van der Waals surface area contributed by atoms with Gasteiger partial charge in [-0.2, -0.15) is 5.10 Å². The summed E-state index contributed by atoms with van der Waals surface area (Å²) in [5.74, 6) is -0.0272. The molecule has 0 unspecified atom stereocenters. The van der Waals surface area contributed by atoms with E-state index in [1.165, 1.54) is 17.3 Å². The molecule has 0 saturated carbocycles. The monoisotopic (exact) mass is 329 g/mol. The van der Waals surface area contributed by atoms with Crippen LogP contribution in [0, 0.1) is 6.92 Å². The highest BCUT2D eigenvalue weighted by atomic mass is 32.2. The zero-order valence-electron chi connectivity index (χ0n) is 12.3. The third kappa shape index (κ3) is 2.84. The zero-order valence-corrected chi connectivity index (χ0v) is 13.9. The van der Waals surface area contributed by atoms with Crippen LogP contribution < -0.4 is 0 Å². The molecule has 1 saturated heterocycles. The summed E-state index contributed by atoms with van der Waals surface area (Å²) in [6.45, 7) is 4.57. The van der Waals surface area contributed by atoms with Gasteiger partial charge in [-0.15, -0.1) is 0 Å². The van der Waals surface area contributed by atoms with Gasteiger partial charge in [-0.25, -0.2) is 4.68 Å². The summed E-state index contributed by atoms with van der Waals surface area (Å²) in [5.41, 5.74) is 3.09. The number of thiocarbonyl (C=S) groups is 1. The number of aryl methyl sites for hydroxylation is 1. The third-order valence-corrected chi connectivity index (χ3v) is 4.77. The Balaban J connectivity index is 1.86. The second kappa shape index (κ2) is 6.06. The first-order chi connectivity index (χ1) is 10.6. The van der Waals surface area contributed by atoms with E-state index in [2.05, 4.69) is 5.10 Å². The van der Waals surface area contributed by atoms with Gasteiger partial charge in [0.05, 0.1) is 16.8 Å². The summed E-state index contributed by atoms with van der Waals surface area (Å²) in [7, 11) is 0. The van der Waals surface area contributed by atoms with Gasteiger partial charge >= 0.3 is 0 Å². The van der Waals surface area contributed by atoms with Crippen molar-refractivity contribution < 1.29 is 4.79 Å². The lowest BCUT2D eigenvalue weighted by Crippen LogP contribution is -2.27. The molecule has 2 aromatic rings. The molecule has 6 heteroatoms. The summed E-state index contributed by atoms with van der Waals surface area (Å²) < 4.78 is 2.41. The Labute approximate surface area is 138 Å². The summed E-state index contributed by atoms with van der Waals surface area (Å²) >= 11 is 6.55. The Hall–Kier alpha value is -1.92. The van der Waals surface area contributed by atoms with Crippen molar-refractivity contribution in [2.75, 3.05) is 6.54 Å². The number of thioether (sulfide) groups is 1. The first-order valence-corrected chi connectivity index (χ1v) is 8.18. The number of benzene rings is 1. The number of rotatable bonds is 3. The molecule has 112 valence electrons. The summed E-state index contributed by atoms with van der Waals surface area (Å²) in [6, 6.07) is 8.12. The fraction of sp³-hybridized carbons (Fsp3) is 0.188. The van der Waals surface area contributed by atoms with Crippen molar-refractivity contribution in [3.63, 3.8) is 0 Å². The molecule has 1 aliphatic heterocycles. The van der Waals surface area contributed by atoms with Gasteiger partial charge in [-0.3, -0.25) is 9.69 Å². The number of aromatic nitrogens is 2. The predicted molar refractivity (Wildman–Crippen MR) is 93.9 cm³/mol. The maximum absolute atomic E-state index is 12.2. The van der Waals surface area contributed by atoms with Crippen molar-refractivity contribution in [3.05, 3.63) is 52.7 Å². The van der Waals surface area contributed by atoms with Crippen LogP contribution in [0.3, 0.4) is 0 Å². The quantitative estimate of drug-likeness (QED) is 0.639. The molecule has 1 fully saturated rings. The van der Waals surface area contributed by atoms with E-state index < -0.39 is 0 Å². The summed E-state index contributed by atoms with van der Waals surface area (Å²) in [5, 5.41) is 4.35. The molecule has 1 aliphatic rings. The van der Waals surface area contributed by atoms with Gasteiger partial charge in [0.15, 0.2) is 0 Å². The smallest absolute Gasteiger partial charge is 0.266 e. The maximum atomic E-state index is 12.2. The van der Waals surface area contributed by atoms with Crippen LogP contribution in [-0.4, -0.2) is 31.5 Å². The van der Waals surface area contributed by atoms with E-state index in [-0.39, 0.29) is 5.91 Å². The number of carbonyl (C=O) groups excluding carboxylic acids is 1. The van der Waals surface area contributed by atoms with Crippen molar-refractivity contribution in [3.8, 4) is 5.69 Å². The van der Waals surface area contributed by atoms with E-state index in [1.807, 2.05) is 50.4 Å². The Bertz CT molecular complexity index is 762. The minimum Gasteiger partial charge on any atom is -0.293 e. The molecule has 4 nitrogen and oxygen atoms in total.